The molecular weight excluding hydrogens is 582 g/mol. The highest BCUT2D eigenvalue weighted by molar-refractivity contribution is 9.10. The summed E-state index contributed by atoms with van der Waals surface area (Å²) < 4.78 is 39.5. The lowest BCUT2D eigenvalue weighted by Gasteiger charge is -2.21. The minimum atomic E-state index is -4.01. The molecule has 0 radical (unpaired) electrons. The van der Waals surface area contributed by atoms with Crippen molar-refractivity contribution in [2.45, 2.75) is 11.4 Å². The number of nitrogens with zero attached hydrogens (tertiary/aromatic N) is 2. The Kier molecular flexibility index (Phi) is 10.3. The summed E-state index contributed by atoms with van der Waals surface area (Å²) in [6.07, 6.45) is 3.04. The predicted molar refractivity (Wildman–Crippen MR) is 148 cm³/mol. The molecule has 0 heterocycles. The van der Waals surface area contributed by atoms with E-state index in [1.165, 1.54) is 37.6 Å². The van der Waals surface area contributed by atoms with Gasteiger partial charge in [0.05, 0.1) is 24.8 Å². The number of hydrogen-bond acceptors (Lipinski definition) is 6. The molecule has 8 nitrogen and oxygen atoms in total. The second-order valence-electron chi connectivity index (χ2n) is 7.66. The van der Waals surface area contributed by atoms with Gasteiger partial charge in [0.25, 0.3) is 5.91 Å². The molecule has 194 valence electrons. The summed E-state index contributed by atoms with van der Waals surface area (Å²) >= 11 is 9.28. The van der Waals surface area contributed by atoms with Crippen molar-refractivity contribution in [3.63, 3.8) is 0 Å². The van der Waals surface area contributed by atoms with Gasteiger partial charge in [-0.05, 0) is 65.7 Å². The van der Waals surface area contributed by atoms with Crippen LogP contribution in [0.3, 0.4) is 0 Å². The minimum Gasteiger partial charge on any atom is -0.493 e. The van der Waals surface area contributed by atoms with Gasteiger partial charge in [-0.3, -0.25) is 4.79 Å². The van der Waals surface area contributed by atoms with Gasteiger partial charge in [0, 0.05) is 16.0 Å². The van der Waals surface area contributed by atoms with Gasteiger partial charge in [-0.25, -0.2) is 13.8 Å². The van der Waals surface area contributed by atoms with E-state index in [0.717, 1.165) is 8.78 Å². The van der Waals surface area contributed by atoms with E-state index >= 15 is 0 Å². The molecule has 37 heavy (non-hydrogen) atoms. The second kappa shape index (κ2) is 13.4. The summed E-state index contributed by atoms with van der Waals surface area (Å²) in [4.78, 5) is 12.7. The largest absolute Gasteiger partial charge is 0.493 e. The molecule has 0 aliphatic carbocycles. The first-order chi connectivity index (χ1) is 17.7. The highest BCUT2D eigenvalue weighted by atomic mass is 79.9. The SMILES string of the molecule is C=CCOc1ccc(/C=N\NC(=O)CN(Cc2ccc(Br)cc2)S(=O)(=O)c2ccc(Cl)cc2)cc1OC. The zero-order valence-electron chi connectivity index (χ0n) is 19.9. The number of halogens is 2. The van der Waals surface area contributed by atoms with Gasteiger partial charge in [0.15, 0.2) is 11.5 Å². The van der Waals surface area contributed by atoms with Crippen molar-refractivity contribution in [3.05, 3.63) is 100 Å². The minimum absolute atomic E-state index is 0.0151. The Morgan fingerprint density at radius 2 is 1.81 bits per heavy atom. The van der Waals surface area contributed by atoms with Crippen LogP contribution in [0.2, 0.25) is 5.02 Å². The summed E-state index contributed by atoms with van der Waals surface area (Å²) in [6, 6.07) is 18.1. The van der Waals surface area contributed by atoms with E-state index in [1.54, 1.807) is 48.5 Å². The van der Waals surface area contributed by atoms with Crippen molar-refractivity contribution in [1.82, 2.24) is 9.73 Å². The highest BCUT2D eigenvalue weighted by Crippen LogP contribution is 2.27. The second-order valence-corrected chi connectivity index (χ2v) is 10.9. The molecule has 0 saturated carbocycles. The lowest BCUT2D eigenvalue weighted by atomic mass is 10.2. The molecule has 11 heteroatoms. The zero-order chi connectivity index (χ0) is 26.8. The lowest BCUT2D eigenvalue weighted by molar-refractivity contribution is -0.121. The van der Waals surface area contributed by atoms with Gasteiger partial charge < -0.3 is 9.47 Å². The number of ether oxygens (including phenoxy) is 2. The van der Waals surface area contributed by atoms with Gasteiger partial charge in [0.1, 0.15) is 6.61 Å². The van der Waals surface area contributed by atoms with Crippen molar-refractivity contribution in [2.24, 2.45) is 5.10 Å². The van der Waals surface area contributed by atoms with E-state index in [-0.39, 0.29) is 11.4 Å². The fourth-order valence-corrected chi connectivity index (χ4v) is 4.96. The van der Waals surface area contributed by atoms with E-state index in [1.807, 2.05) is 0 Å². The topological polar surface area (TPSA) is 97.3 Å². The standard InChI is InChI=1S/C26H25BrClN3O5S/c1-3-14-36-24-13-6-20(15-25(24)35-2)16-29-30-26(32)18-31(17-19-4-7-21(27)8-5-19)37(33,34)23-11-9-22(28)10-12-23/h3-13,15-16H,1,14,17-18H2,2H3,(H,30,32)/b29-16-. The molecular formula is C26H25BrClN3O5S. The molecule has 0 spiro atoms. The molecule has 0 saturated heterocycles. The van der Waals surface area contributed by atoms with Gasteiger partial charge in [-0.2, -0.15) is 9.41 Å². The van der Waals surface area contributed by atoms with Crippen LogP contribution in [0.25, 0.3) is 0 Å². The third-order valence-corrected chi connectivity index (χ3v) is 7.58. The number of amides is 1. The number of sulfonamides is 1. The van der Waals surface area contributed by atoms with E-state index in [9.17, 15) is 13.2 Å². The van der Waals surface area contributed by atoms with Crippen LogP contribution in [-0.2, 0) is 21.4 Å². The summed E-state index contributed by atoms with van der Waals surface area (Å²) in [5, 5.41) is 4.37. The molecule has 1 N–H and O–H groups in total. The van der Waals surface area contributed by atoms with Gasteiger partial charge >= 0.3 is 0 Å². The molecule has 3 aromatic carbocycles. The van der Waals surface area contributed by atoms with Crippen molar-refractivity contribution in [2.75, 3.05) is 20.3 Å². The fourth-order valence-electron chi connectivity index (χ4n) is 3.18. The molecule has 0 unspecified atom stereocenters. The molecule has 3 rings (SSSR count). The van der Waals surface area contributed by atoms with Crippen molar-refractivity contribution < 1.29 is 22.7 Å². The van der Waals surface area contributed by atoms with Crippen LogP contribution in [-0.4, -0.2) is 45.1 Å². The Hall–Kier alpha value is -3.18. The molecule has 0 bridgehead atoms. The average molecular weight is 607 g/mol. The predicted octanol–water partition coefficient (Wildman–Crippen LogP) is 5.02. The van der Waals surface area contributed by atoms with Gasteiger partial charge in [-0.15, -0.1) is 0 Å². The van der Waals surface area contributed by atoms with E-state index in [4.69, 9.17) is 21.1 Å². The molecule has 3 aromatic rings. The smallest absolute Gasteiger partial charge is 0.255 e. The van der Waals surface area contributed by atoms with Crippen molar-refractivity contribution >= 4 is 49.7 Å². The molecule has 0 aromatic heterocycles. The maximum absolute atomic E-state index is 13.3. The Balaban J connectivity index is 1.75. The first-order valence-corrected chi connectivity index (χ1v) is 13.6. The number of carbonyl (C=O) groups excluding carboxylic acids is 1. The number of benzene rings is 3. The van der Waals surface area contributed by atoms with Crippen molar-refractivity contribution in [1.29, 1.82) is 0 Å². The molecule has 0 atom stereocenters. The Morgan fingerprint density at radius 3 is 2.46 bits per heavy atom. The highest BCUT2D eigenvalue weighted by Gasteiger charge is 2.27. The number of rotatable bonds is 12. The quantitative estimate of drug-likeness (QED) is 0.178. The Labute approximate surface area is 229 Å². The number of hydrogen-bond donors (Lipinski definition) is 1. The third-order valence-electron chi connectivity index (χ3n) is 4.99. The summed E-state index contributed by atoms with van der Waals surface area (Å²) in [7, 11) is -2.49. The monoisotopic (exact) mass is 605 g/mol. The van der Waals surface area contributed by atoms with Crippen LogP contribution < -0.4 is 14.9 Å². The molecule has 0 aliphatic heterocycles. The normalized spacial score (nSPS) is 11.5. The van der Waals surface area contributed by atoms with Gasteiger partial charge in [-0.1, -0.05) is 52.3 Å². The van der Waals surface area contributed by atoms with Crippen LogP contribution >= 0.6 is 27.5 Å². The Bertz CT molecular complexity index is 1360. The van der Waals surface area contributed by atoms with Crippen LogP contribution in [0.5, 0.6) is 11.5 Å². The number of carbonyl (C=O) groups is 1. The fraction of sp³-hybridized carbons (Fsp3) is 0.154. The number of hydrazone groups is 1. The van der Waals surface area contributed by atoms with Crippen molar-refractivity contribution in [3.8, 4) is 11.5 Å². The number of nitrogens with one attached hydrogen (secondary N) is 1. The van der Waals surface area contributed by atoms with Crippen LogP contribution in [0.15, 0.2) is 93.9 Å². The zero-order valence-corrected chi connectivity index (χ0v) is 23.1. The molecule has 0 fully saturated rings. The van der Waals surface area contributed by atoms with E-state index in [2.05, 4.69) is 33.0 Å². The first-order valence-electron chi connectivity index (χ1n) is 11.0. The number of methoxy groups -OCH3 is 1. The van der Waals surface area contributed by atoms with E-state index < -0.39 is 22.5 Å². The third kappa shape index (κ3) is 8.16. The Morgan fingerprint density at radius 1 is 1.11 bits per heavy atom. The van der Waals surface area contributed by atoms with Crippen LogP contribution in [0.4, 0.5) is 0 Å². The van der Waals surface area contributed by atoms with Gasteiger partial charge in [0.2, 0.25) is 10.0 Å². The average Bonchev–Trinajstić information content (AvgIpc) is 2.88. The lowest BCUT2D eigenvalue weighted by Crippen LogP contribution is -2.39. The molecule has 0 aliphatic rings. The maximum atomic E-state index is 13.3. The maximum Gasteiger partial charge on any atom is 0.255 e. The first kappa shape index (κ1) is 28.4. The van der Waals surface area contributed by atoms with Crippen LogP contribution in [0, 0.1) is 0 Å². The summed E-state index contributed by atoms with van der Waals surface area (Å²) in [6.45, 7) is 3.48. The van der Waals surface area contributed by atoms with E-state index in [0.29, 0.717) is 34.3 Å². The summed E-state index contributed by atoms with van der Waals surface area (Å²) in [5.74, 6) is 0.426. The summed E-state index contributed by atoms with van der Waals surface area (Å²) in [5.41, 5.74) is 3.74. The van der Waals surface area contributed by atoms with Crippen LogP contribution in [0.1, 0.15) is 11.1 Å². The molecule has 1 amide bonds.